The molecule has 0 aliphatic heterocycles. The highest BCUT2D eigenvalue weighted by atomic mass is 32.2. The SMILES string of the molecule is Cc1ccc(CN(C)S(=O)(=O)c2csc(CO)c2)o1. The Morgan fingerprint density at radius 2 is 2.16 bits per heavy atom. The number of thiophene rings is 1. The predicted octanol–water partition coefficient (Wildman–Crippen LogP) is 1.96. The first-order valence-electron chi connectivity index (χ1n) is 5.63. The molecule has 2 aromatic heterocycles. The third kappa shape index (κ3) is 3.06. The minimum absolute atomic E-state index is 0.152. The molecule has 0 aromatic carbocycles. The fraction of sp³-hybridized carbons (Fsp3) is 0.333. The number of aryl methyl sites for hydroxylation is 1. The molecule has 0 saturated carbocycles. The number of hydrogen-bond donors (Lipinski definition) is 1. The van der Waals surface area contributed by atoms with Crippen LogP contribution in [0.5, 0.6) is 0 Å². The Balaban J connectivity index is 2.19. The first kappa shape index (κ1) is 14.3. The van der Waals surface area contributed by atoms with Gasteiger partial charge in [-0.2, -0.15) is 4.31 Å². The van der Waals surface area contributed by atoms with E-state index in [2.05, 4.69) is 0 Å². The summed E-state index contributed by atoms with van der Waals surface area (Å²) < 4.78 is 31.2. The molecule has 0 spiro atoms. The summed E-state index contributed by atoms with van der Waals surface area (Å²) in [5.41, 5.74) is 0. The molecule has 2 aromatic rings. The van der Waals surface area contributed by atoms with Crippen molar-refractivity contribution in [1.82, 2.24) is 4.31 Å². The van der Waals surface area contributed by atoms with Crippen molar-refractivity contribution in [2.75, 3.05) is 7.05 Å². The second kappa shape index (κ2) is 5.46. The average Bonchev–Trinajstić information content (AvgIpc) is 2.98. The van der Waals surface area contributed by atoms with Crippen molar-refractivity contribution in [2.24, 2.45) is 0 Å². The Kier molecular flexibility index (Phi) is 4.10. The first-order valence-corrected chi connectivity index (χ1v) is 7.95. The van der Waals surface area contributed by atoms with Gasteiger partial charge in [-0.3, -0.25) is 0 Å². The van der Waals surface area contributed by atoms with Gasteiger partial charge < -0.3 is 9.52 Å². The molecule has 0 aliphatic carbocycles. The lowest BCUT2D eigenvalue weighted by molar-refractivity contribution is 0.285. The average molecular weight is 301 g/mol. The van der Waals surface area contributed by atoms with Gasteiger partial charge in [-0.05, 0) is 25.1 Å². The smallest absolute Gasteiger partial charge is 0.244 e. The van der Waals surface area contributed by atoms with Crippen LogP contribution in [0.15, 0.2) is 32.9 Å². The van der Waals surface area contributed by atoms with Gasteiger partial charge in [0, 0.05) is 17.3 Å². The molecule has 0 saturated heterocycles. The normalized spacial score (nSPS) is 12.2. The third-order valence-electron chi connectivity index (χ3n) is 2.67. The van der Waals surface area contributed by atoms with Crippen LogP contribution in [0.2, 0.25) is 0 Å². The first-order chi connectivity index (χ1) is 8.93. The maximum absolute atomic E-state index is 12.3. The molecule has 1 N–H and O–H groups in total. The van der Waals surface area contributed by atoms with Crippen LogP contribution in [0, 0.1) is 6.92 Å². The van der Waals surface area contributed by atoms with Crippen LogP contribution in [0.25, 0.3) is 0 Å². The summed E-state index contributed by atoms with van der Waals surface area (Å²) in [5, 5.41) is 10.5. The molecule has 104 valence electrons. The van der Waals surface area contributed by atoms with Crippen molar-refractivity contribution < 1.29 is 17.9 Å². The molecule has 0 bridgehead atoms. The lowest BCUT2D eigenvalue weighted by atomic mass is 10.4. The summed E-state index contributed by atoms with van der Waals surface area (Å²) in [6, 6.07) is 5.04. The van der Waals surface area contributed by atoms with Crippen LogP contribution in [0.3, 0.4) is 0 Å². The van der Waals surface area contributed by atoms with Gasteiger partial charge in [-0.1, -0.05) is 0 Å². The van der Waals surface area contributed by atoms with Crippen molar-refractivity contribution in [2.45, 2.75) is 25.0 Å². The number of nitrogens with zero attached hydrogens (tertiary/aromatic N) is 1. The lowest BCUT2D eigenvalue weighted by Crippen LogP contribution is -2.25. The van der Waals surface area contributed by atoms with Crippen LogP contribution in [0.4, 0.5) is 0 Å². The topological polar surface area (TPSA) is 70.8 Å². The second-order valence-electron chi connectivity index (χ2n) is 4.18. The Morgan fingerprint density at radius 3 is 2.68 bits per heavy atom. The maximum atomic E-state index is 12.3. The number of sulfonamides is 1. The van der Waals surface area contributed by atoms with E-state index in [1.807, 2.05) is 6.92 Å². The molecule has 19 heavy (non-hydrogen) atoms. The van der Waals surface area contributed by atoms with E-state index in [0.717, 1.165) is 5.76 Å². The number of aliphatic hydroxyl groups is 1. The Hall–Kier alpha value is -1.15. The molecule has 7 heteroatoms. The molecule has 0 atom stereocenters. The number of aliphatic hydroxyl groups excluding tert-OH is 1. The zero-order chi connectivity index (χ0) is 14.0. The summed E-state index contributed by atoms with van der Waals surface area (Å²) in [4.78, 5) is 0.827. The fourth-order valence-electron chi connectivity index (χ4n) is 1.63. The van der Waals surface area contributed by atoms with E-state index in [-0.39, 0.29) is 18.0 Å². The van der Waals surface area contributed by atoms with E-state index >= 15 is 0 Å². The lowest BCUT2D eigenvalue weighted by Gasteiger charge is -2.14. The van der Waals surface area contributed by atoms with Crippen molar-refractivity contribution in [3.05, 3.63) is 40.0 Å². The highest BCUT2D eigenvalue weighted by Crippen LogP contribution is 2.23. The summed E-state index contributed by atoms with van der Waals surface area (Å²) in [6.45, 7) is 1.84. The minimum atomic E-state index is -3.54. The molecule has 0 radical (unpaired) electrons. The molecule has 0 fully saturated rings. The minimum Gasteiger partial charge on any atom is -0.465 e. The number of rotatable bonds is 5. The largest absolute Gasteiger partial charge is 0.465 e. The van der Waals surface area contributed by atoms with Gasteiger partial charge in [0.15, 0.2) is 0 Å². The van der Waals surface area contributed by atoms with E-state index < -0.39 is 10.0 Å². The zero-order valence-corrected chi connectivity index (χ0v) is 12.3. The molecule has 2 rings (SSSR count). The maximum Gasteiger partial charge on any atom is 0.244 e. The molecule has 0 unspecified atom stereocenters. The van der Waals surface area contributed by atoms with E-state index in [4.69, 9.17) is 9.52 Å². The van der Waals surface area contributed by atoms with Gasteiger partial charge >= 0.3 is 0 Å². The van der Waals surface area contributed by atoms with Gasteiger partial charge in [0.25, 0.3) is 0 Å². The summed E-state index contributed by atoms with van der Waals surface area (Å²) in [7, 11) is -2.04. The van der Waals surface area contributed by atoms with Gasteiger partial charge in [-0.25, -0.2) is 8.42 Å². The summed E-state index contributed by atoms with van der Waals surface area (Å²) in [6.07, 6.45) is 0. The van der Waals surface area contributed by atoms with Crippen LogP contribution < -0.4 is 0 Å². The number of hydrogen-bond acceptors (Lipinski definition) is 5. The van der Waals surface area contributed by atoms with E-state index in [9.17, 15) is 8.42 Å². The van der Waals surface area contributed by atoms with E-state index in [0.29, 0.717) is 10.6 Å². The van der Waals surface area contributed by atoms with Gasteiger partial charge in [0.2, 0.25) is 10.0 Å². The van der Waals surface area contributed by atoms with Crippen molar-refractivity contribution in [3.63, 3.8) is 0 Å². The van der Waals surface area contributed by atoms with Gasteiger partial charge in [0.05, 0.1) is 18.0 Å². The van der Waals surface area contributed by atoms with Crippen molar-refractivity contribution in [1.29, 1.82) is 0 Å². The van der Waals surface area contributed by atoms with Crippen LogP contribution in [-0.2, 0) is 23.2 Å². The highest BCUT2D eigenvalue weighted by molar-refractivity contribution is 7.89. The Bertz CT molecular complexity index is 657. The van der Waals surface area contributed by atoms with E-state index in [1.54, 1.807) is 12.1 Å². The quantitative estimate of drug-likeness (QED) is 0.916. The van der Waals surface area contributed by atoms with Crippen LogP contribution >= 0.6 is 11.3 Å². The predicted molar refractivity (Wildman–Crippen MR) is 72.3 cm³/mol. The fourth-order valence-corrected chi connectivity index (χ4v) is 3.89. The second-order valence-corrected chi connectivity index (χ2v) is 7.22. The van der Waals surface area contributed by atoms with Gasteiger partial charge in [0.1, 0.15) is 11.5 Å². The number of furan rings is 1. The van der Waals surface area contributed by atoms with Gasteiger partial charge in [-0.15, -0.1) is 11.3 Å². The third-order valence-corrected chi connectivity index (χ3v) is 5.52. The molecule has 2 heterocycles. The van der Waals surface area contributed by atoms with Crippen molar-refractivity contribution >= 4 is 21.4 Å². The van der Waals surface area contributed by atoms with E-state index in [1.165, 1.54) is 34.1 Å². The Labute approximate surface area is 116 Å². The molecule has 0 amide bonds. The highest BCUT2D eigenvalue weighted by Gasteiger charge is 2.23. The van der Waals surface area contributed by atoms with Crippen LogP contribution in [-0.4, -0.2) is 24.9 Å². The van der Waals surface area contributed by atoms with Crippen molar-refractivity contribution in [3.8, 4) is 0 Å². The molecular formula is C12H15NO4S2. The van der Waals surface area contributed by atoms with Crippen LogP contribution in [0.1, 0.15) is 16.4 Å². The Morgan fingerprint density at radius 1 is 1.42 bits per heavy atom. The molecule has 5 nitrogen and oxygen atoms in total. The summed E-state index contributed by atoms with van der Waals surface area (Å²) in [5.74, 6) is 1.35. The summed E-state index contributed by atoms with van der Waals surface area (Å²) >= 11 is 1.22. The standard InChI is InChI=1S/C12H15NO4S2/c1-9-3-4-10(17-9)6-13(2)19(15,16)12-5-11(7-14)18-8-12/h3-5,8,14H,6-7H2,1-2H3. The molecule has 0 aliphatic rings. The molecular weight excluding hydrogens is 286 g/mol. The zero-order valence-electron chi connectivity index (χ0n) is 10.7. The monoisotopic (exact) mass is 301 g/mol.